The first-order valence-electron chi connectivity index (χ1n) is 9.38. The van der Waals surface area contributed by atoms with Gasteiger partial charge in [-0.15, -0.1) is 0 Å². The molecule has 4 fully saturated rings. The van der Waals surface area contributed by atoms with Gasteiger partial charge in [0.1, 0.15) is 11.5 Å². The van der Waals surface area contributed by atoms with E-state index in [0.717, 1.165) is 19.3 Å². The fraction of sp³-hybridized carbons (Fsp3) is 0.571. The van der Waals surface area contributed by atoms with E-state index in [1.54, 1.807) is 0 Å². The summed E-state index contributed by atoms with van der Waals surface area (Å²) in [6.07, 6.45) is 6.26. The number of aromatic hydroxyl groups is 1. The van der Waals surface area contributed by atoms with Gasteiger partial charge in [-0.1, -0.05) is 0 Å². The predicted molar refractivity (Wildman–Crippen MR) is 94.0 cm³/mol. The van der Waals surface area contributed by atoms with Crippen molar-refractivity contribution in [1.82, 2.24) is 0 Å². The van der Waals surface area contributed by atoms with Gasteiger partial charge >= 0.3 is 5.97 Å². The minimum atomic E-state index is -0.577. The molecule has 4 aliphatic carbocycles. The van der Waals surface area contributed by atoms with Crippen molar-refractivity contribution in [2.45, 2.75) is 44.9 Å². The van der Waals surface area contributed by atoms with Crippen LogP contribution in [0.5, 0.6) is 5.75 Å². The molecule has 5 nitrogen and oxygen atoms in total. The predicted octanol–water partition coefficient (Wildman–Crippen LogP) is 3.54. The molecule has 5 heteroatoms. The average Bonchev–Trinajstić information content (AvgIpc) is 2.60. The highest BCUT2D eigenvalue weighted by atomic mass is 16.5. The Hall–Kier alpha value is -2.17. The number of phenols is 1. The number of hydrogen-bond donors (Lipinski definition) is 1. The smallest absolute Gasteiger partial charge is 0.337 e. The fourth-order valence-corrected chi connectivity index (χ4v) is 5.88. The van der Waals surface area contributed by atoms with Crippen LogP contribution in [0.25, 0.3) is 0 Å². The second kappa shape index (κ2) is 6.22. The lowest BCUT2D eigenvalue weighted by Crippen LogP contribution is -2.50. The molecule has 0 aliphatic heterocycles. The van der Waals surface area contributed by atoms with E-state index in [2.05, 4.69) is 4.74 Å². The molecular formula is C21H24O5. The van der Waals surface area contributed by atoms with E-state index in [9.17, 15) is 19.5 Å². The van der Waals surface area contributed by atoms with Gasteiger partial charge in [0, 0.05) is 5.41 Å². The number of phenolic OH excluding ortho intramolecular Hbond substituents is 1. The molecule has 26 heavy (non-hydrogen) atoms. The number of esters is 1. The van der Waals surface area contributed by atoms with E-state index >= 15 is 0 Å². The molecule has 0 atom stereocenters. The highest BCUT2D eigenvalue weighted by Gasteiger charge is 2.54. The van der Waals surface area contributed by atoms with Crippen LogP contribution in [0.3, 0.4) is 0 Å². The van der Waals surface area contributed by atoms with E-state index in [1.807, 2.05) is 0 Å². The zero-order valence-corrected chi connectivity index (χ0v) is 15.0. The Kier molecular flexibility index (Phi) is 4.13. The highest BCUT2D eigenvalue weighted by molar-refractivity contribution is 6.11. The molecule has 4 saturated carbocycles. The van der Waals surface area contributed by atoms with E-state index < -0.39 is 11.8 Å². The summed E-state index contributed by atoms with van der Waals surface area (Å²) < 4.78 is 4.66. The van der Waals surface area contributed by atoms with E-state index in [0.29, 0.717) is 17.8 Å². The largest absolute Gasteiger partial charge is 0.507 e. The van der Waals surface area contributed by atoms with Crippen LogP contribution in [0.2, 0.25) is 0 Å². The summed E-state index contributed by atoms with van der Waals surface area (Å²) in [6, 6.07) is 4.02. The summed E-state index contributed by atoms with van der Waals surface area (Å²) >= 11 is 0. The number of ether oxygens (including phenoxy) is 1. The maximum Gasteiger partial charge on any atom is 0.337 e. The molecule has 0 aromatic heterocycles. The van der Waals surface area contributed by atoms with Crippen molar-refractivity contribution in [3.05, 3.63) is 29.3 Å². The highest BCUT2D eigenvalue weighted by Crippen LogP contribution is 2.60. The van der Waals surface area contributed by atoms with Gasteiger partial charge in [-0.25, -0.2) is 4.79 Å². The number of carbonyl (C=O) groups is 3. The summed E-state index contributed by atoms with van der Waals surface area (Å²) in [7, 11) is 1.26. The summed E-state index contributed by atoms with van der Waals surface area (Å²) in [5.41, 5.74) is -0.123. The van der Waals surface area contributed by atoms with Crippen molar-refractivity contribution < 1.29 is 24.2 Å². The lowest BCUT2D eigenvalue weighted by molar-refractivity contribution is -0.142. The summed E-state index contributed by atoms with van der Waals surface area (Å²) in [5.74, 6) is 0.718. The van der Waals surface area contributed by atoms with Gasteiger partial charge in [-0.2, -0.15) is 0 Å². The third-order valence-electron chi connectivity index (χ3n) is 6.67. The topological polar surface area (TPSA) is 80.7 Å². The van der Waals surface area contributed by atoms with Crippen LogP contribution in [0, 0.1) is 23.2 Å². The van der Waals surface area contributed by atoms with Crippen LogP contribution in [-0.2, 0) is 9.53 Å². The van der Waals surface area contributed by atoms with Crippen LogP contribution in [0.4, 0.5) is 0 Å². The summed E-state index contributed by atoms with van der Waals surface area (Å²) in [6.45, 7) is 0. The molecule has 0 unspecified atom stereocenters. The van der Waals surface area contributed by atoms with Gasteiger partial charge in [0.25, 0.3) is 0 Å². The number of methoxy groups -OCH3 is 1. The van der Waals surface area contributed by atoms with Crippen LogP contribution in [0.15, 0.2) is 18.2 Å². The van der Waals surface area contributed by atoms with Crippen molar-refractivity contribution in [3.8, 4) is 5.75 Å². The zero-order valence-electron chi connectivity index (χ0n) is 15.0. The van der Waals surface area contributed by atoms with Crippen LogP contribution in [0.1, 0.15) is 65.7 Å². The molecule has 0 radical (unpaired) electrons. The van der Waals surface area contributed by atoms with Crippen LogP contribution < -0.4 is 0 Å². The van der Waals surface area contributed by atoms with E-state index in [1.165, 1.54) is 44.6 Å². The van der Waals surface area contributed by atoms with Crippen molar-refractivity contribution in [2.75, 3.05) is 7.11 Å². The quantitative estimate of drug-likeness (QED) is 0.496. The molecule has 5 rings (SSSR count). The molecule has 4 aliphatic rings. The Morgan fingerprint density at radius 3 is 2.19 bits per heavy atom. The lowest BCUT2D eigenvalue weighted by Gasteiger charge is -2.56. The Labute approximate surface area is 152 Å². The van der Waals surface area contributed by atoms with Crippen LogP contribution >= 0.6 is 0 Å². The molecule has 138 valence electrons. The number of benzene rings is 1. The minimum absolute atomic E-state index is 0.0180. The SMILES string of the molecule is COC(=O)c1ccc(O)c(C(=O)CC(=O)C23CC4CC(CC(C4)C2)C3)c1. The molecule has 0 saturated heterocycles. The maximum absolute atomic E-state index is 13.1. The average molecular weight is 356 g/mol. The minimum Gasteiger partial charge on any atom is -0.507 e. The maximum atomic E-state index is 13.1. The van der Waals surface area contributed by atoms with Gasteiger partial charge in [-0.05, 0) is 74.5 Å². The number of ketones is 2. The van der Waals surface area contributed by atoms with Crippen LogP contribution in [-0.4, -0.2) is 29.8 Å². The second-order valence-corrected chi connectivity index (χ2v) is 8.44. The van der Waals surface area contributed by atoms with E-state index in [4.69, 9.17) is 0 Å². The van der Waals surface area contributed by atoms with Gasteiger partial charge < -0.3 is 9.84 Å². The van der Waals surface area contributed by atoms with Gasteiger partial charge in [-0.3, -0.25) is 9.59 Å². The first kappa shape index (κ1) is 17.3. The standard InChI is InChI=1S/C21H24O5/c1-26-20(25)15-2-3-17(22)16(7-15)18(23)8-19(24)21-9-12-4-13(10-21)6-14(5-12)11-21/h2-3,7,12-14,22H,4-6,8-11H2,1H3. The number of rotatable bonds is 5. The fourth-order valence-electron chi connectivity index (χ4n) is 5.88. The zero-order chi connectivity index (χ0) is 18.5. The number of Topliss-reactive ketones (excluding diaryl/α,β-unsaturated/α-hetero) is 2. The lowest BCUT2D eigenvalue weighted by atomic mass is 9.48. The number of carbonyl (C=O) groups excluding carboxylic acids is 3. The van der Waals surface area contributed by atoms with E-state index in [-0.39, 0.29) is 34.5 Å². The van der Waals surface area contributed by atoms with Gasteiger partial charge in [0.15, 0.2) is 5.78 Å². The van der Waals surface area contributed by atoms with Crippen molar-refractivity contribution in [1.29, 1.82) is 0 Å². The molecule has 1 aromatic rings. The Morgan fingerprint density at radius 2 is 1.65 bits per heavy atom. The van der Waals surface area contributed by atoms with Crippen molar-refractivity contribution in [3.63, 3.8) is 0 Å². The first-order valence-corrected chi connectivity index (χ1v) is 9.38. The third kappa shape index (κ3) is 2.83. The van der Waals surface area contributed by atoms with Gasteiger partial charge in [0.05, 0.1) is 24.7 Å². The molecule has 4 bridgehead atoms. The van der Waals surface area contributed by atoms with Crippen molar-refractivity contribution >= 4 is 17.5 Å². The molecule has 0 heterocycles. The van der Waals surface area contributed by atoms with Crippen molar-refractivity contribution in [2.24, 2.45) is 23.2 Å². The Balaban J connectivity index is 1.53. The third-order valence-corrected chi connectivity index (χ3v) is 6.67. The Morgan fingerprint density at radius 1 is 1.08 bits per heavy atom. The molecule has 0 spiro atoms. The summed E-state index contributed by atoms with van der Waals surface area (Å²) in [4.78, 5) is 37.4. The normalized spacial score (nSPS) is 31.7. The Bertz CT molecular complexity index is 743. The monoisotopic (exact) mass is 356 g/mol. The molecular weight excluding hydrogens is 332 g/mol. The summed E-state index contributed by atoms with van der Waals surface area (Å²) in [5, 5.41) is 10.0. The molecule has 0 amide bonds. The molecule has 1 N–H and O–H groups in total. The van der Waals surface area contributed by atoms with Gasteiger partial charge in [0.2, 0.25) is 0 Å². The molecule has 1 aromatic carbocycles. The number of hydrogen-bond acceptors (Lipinski definition) is 5. The first-order chi connectivity index (χ1) is 12.4. The second-order valence-electron chi connectivity index (χ2n) is 8.44.